The molecule has 0 heterocycles. The number of methoxy groups -OCH3 is 2. The van der Waals surface area contributed by atoms with E-state index in [-0.39, 0.29) is 5.75 Å². The molecule has 0 unspecified atom stereocenters. The molecule has 0 spiro atoms. The van der Waals surface area contributed by atoms with E-state index in [9.17, 15) is 0 Å². The summed E-state index contributed by atoms with van der Waals surface area (Å²) in [5.74, 6) is 1.16. The lowest BCUT2D eigenvalue weighted by Crippen LogP contribution is -1.97. The van der Waals surface area contributed by atoms with Crippen LogP contribution in [0.3, 0.4) is 0 Å². The SMILES string of the molecule is COc1cc(N)c(OC)cc1N.Nc1ccc(N)c(O)c1. The summed E-state index contributed by atoms with van der Waals surface area (Å²) in [5.41, 5.74) is 23.7. The highest BCUT2D eigenvalue weighted by molar-refractivity contribution is 5.67. The molecule has 0 aromatic heterocycles. The molecule has 0 aliphatic heterocycles. The summed E-state index contributed by atoms with van der Waals surface area (Å²) in [7, 11) is 3.08. The van der Waals surface area contributed by atoms with Crippen LogP contribution in [-0.4, -0.2) is 19.3 Å². The molecule has 7 nitrogen and oxygen atoms in total. The highest BCUT2D eigenvalue weighted by atomic mass is 16.5. The highest BCUT2D eigenvalue weighted by Gasteiger charge is 2.05. The van der Waals surface area contributed by atoms with Gasteiger partial charge in [0.1, 0.15) is 17.2 Å². The fourth-order valence-electron chi connectivity index (χ4n) is 1.51. The third kappa shape index (κ3) is 4.27. The van der Waals surface area contributed by atoms with Gasteiger partial charge in [-0.3, -0.25) is 0 Å². The molecular weight excluding hydrogens is 272 g/mol. The van der Waals surface area contributed by atoms with Gasteiger partial charge in [-0.25, -0.2) is 0 Å². The molecule has 9 N–H and O–H groups in total. The lowest BCUT2D eigenvalue weighted by molar-refractivity contribution is 0.407. The second-order valence-corrected chi connectivity index (χ2v) is 4.15. The second kappa shape index (κ2) is 6.99. The third-order valence-corrected chi connectivity index (χ3v) is 2.64. The van der Waals surface area contributed by atoms with Crippen LogP contribution in [0.4, 0.5) is 22.7 Å². The molecule has 0 saturated carbocycles. The number of hydrogen-bond acceptors (Lipinski definition) is 7. The topological polar surface area (TPSA) is 143 Å². The first kappa shape index (κ1) is 16.1. The Labute approximate surface area is 123 Å². The van der Waals surface area contributed by atoms with E-state index < -0.39 is 0 Å². The smallest absolute Gasteiger partial charge is 0.144 e. The van der Waals surface area contributed by atoms with Gasteiger partial charge in [-0.2, -0.15) is 0 Å². The predicted molar refractivity (Wildman–Crippen MR) is 85.3 cm³/mol. The highest BCUT2D eigenvalue weighted by Crippen LogP contribution is 2.32. The molecule has 0 amide bonds. The van der Waals surface area contributed by atoms with Crippen LogP contribution in [0.1, 0.15) is 0 Å². The van der Waals surface area contributed by atoms with E-state index in [1.165, 1.54) is 20.3 Å². The molecule has 0 fully saturated rings. The van der Waals surface area contributed by atoms with E-state index in [2.05, 4.69) is 0 Å². The number of phenolic OH excluding ortho intramolecular Hbond substituents is 1. The second-order valence-electron chi connectivity index (χ2n) is 4.15. The van der Waals surface area contributed by atoms with Crippen molar-refractivity contribution in [2.24, 2.45) is 0 Å². The first-order valence-corrected chi connectivity index (χ1v) is 6.00. The third-order valence-electron chi connectivity index (χ3n) is 2.64. The number of nitrogens with two attached hydrogens (primary N) is 4. The number of phenols is 1. The summed E-state index contributed by atoms with van der Waals surface area (Å²) in [4.78, 5) is 0. The first-order valence-electron chi connectivity index (χ1n) is 6.00. The Balaban J connectivity index is 0.000000219. The monoisotopic (exact) mass is 292 g/mol. The number of ether oxygens (including phenoxy) is 2. The average molecular weight is 292 g/mol. The van der Waals surface area contributed by atoms with Crippen LogP contribution < -0.4 is 32.4 Å². The molecule has 2 aromatic carbocycles. The molecule has 21 heavy (non-hydrogen) atoms. The minimum Gasteiger partial charge on any atom is -0.506 e. The number of hydrogen-bond donors (Lipinski definition) is 5. The maximum absolute atomic E-state index is 8.90. The van der Waals surface area contributed by atoms with Gasteiger partial charge in [0.15, 0.2) is 0 Å². The first-order chi connectivity index (χ1) is 9.88. The maximum atomic E-state index is 8.90. The largest absolute Gasteiger partial charge is 0.506 e. The summed E-state index contributed by atoms with van der Waals surface area (Å²) in [6, 6.07) is 7.87. The van der Waals surface area contributed by atoms with E-state index in [1.54, 1.807) is 24.3 Å². The van der Waals surface area contributed by atoms with Crippen LogP contribution in [-0.2, 0) is 0 Å². The van der Waals surface area contributed by atoms with Gasteiger partial charge >= 0.3 is 0 Å². The van der Waals surface area contributed by atoms with Crippen LogP contribution in [0, 0.1) is 0 Å². The van der Waals surface area contributed by atoms with Crippen molar-refractivity contribution in [2.45, 2.75) is 0 Å². The summed E-state index contributed by atoms with van der Waals surface area (Å²) in [6.07, 6.45) is 0. The van der Waals surface area contributed by atoms with Crippen LogP contribution >= 0.6 is 0 Å². The molecule has 0 bridgehead atoms. The zero-order valence-electron chi connectivity index (χ0n) is 12.0. The van der Waals surface area contributed by atoms with Crippen molar-refractivity contribution in [1.82, 2.24) is 0 Å². The van der Waals surface area contributed by atoms with E-state index in [1.807, 2.05) is 0 Å². The van der Waals surface area contributed by atoms with Crippen molar-refractivity contribution >= 4 is 22.7 Å². The number of anilines is 4. The minimum absolute atomic E-state index is 0.0370. The van der Waals surface area contributed by atoms with Crippen molar-refractivity contribution in [3.63, 3.8) is 0 Å². The van der Waals surface area contributed by atoms with Crippen LogP contribution in [0.2, 0.25) is 0 Å². The van der Waals surface area contributed by atoms with Crippen LogP contribution in [0.5, 0.6) is 17.2 Å². The molecular formula is C14H20N4O3. The zero-order chi connectivity index (χ0) is 16.0. The number of benzene rings is 2. The van der Waals surface area contributed by atoms with E-state index in [0.29, 0.717) is 34.2 Å². The Bertz CT molecular complexity index is 588. The van der Waals surface area contributed by atoms with Gasteiger partial charge in [0.05, 0.1) is 31.3 Å². The Kier molecular flexibility index (Phi) is 5.36. The van der Waals surface area contributed by atoms with Gasteiger partial charge in [0, 0.05) is 23.9 Å². The minimum atomic E-state index is 0.0370. The number of nitrogen functional groups attached to an aromatic ring is 4. The number of aromatic hydroxyl groups is 1. The molecule has 0 aliphatic carbocycles. The van der Waals surface area contributed by atoms with Gasteiger partial charge in [-0.05, 0) is 12.1 Å². The van der Waals surface area contributed by atoms with E-state index in [4.69, 9.17) is 37.5 Å². The summed E-state index contributed by atoms with van der Waals surface area (Å²) in [5, 5.41) is 8.90. The van der Waals surface area contributed by atoms with Crippen LogP contribution in [0.25, 0.3) is 0 Å². The molecule has 0 atom stereocenters. The number of rotatable bonds is 2. The van der Waals surface area contributed by atoms with Gasteiger partial charge in [0.2, 0.25) is 0 Å². The zero-order valence-corrected chi connectivity index (χ0v) is 12.0. The maximum Gasteiger partial charge on any atom is 0.144 e. The molecule has 0 aliphatic rings. The summed E-state index contributed by atoms with van der Waals surface area (Å²) >= 11 is 0. The van der Waals surface area contributed by atoms with Gasteiger partial charge in [0.25, 0.3) is 0 Å². The van der Waals surface area contributed by atoms with Crippen molar-refractivity contribution in [3.8, 4) is 17.2 Å². The lowest BCUT2D eigenvalue weighted by atomic mass is 10.2. The van der Waals surface area contributed by atoms with Gasteiger partial charge in [-0.15, -0.1) is 0 Å². The van der Waals surface area contributed by atoms with Crippen LogP contribution in [0.15, 0.2) is 30.3 Å². The quantitative estimate of drug-likeness (QED) is 0.416. The van der Waals surface area contributed by atoms with Crippen molar-refractivity contribution < 1.29 is 14.6 Å². The fraction of sp³-hybridized carbons (Fsp3) is 0.143. The van der Waals surface area contributed by atoms with E-state index in [0.717, 1.165) is 0 Å². The normalized spacial score (nSPS) is 9.43. The van der Waals surface area contributed by atoms with Crippen molar-refractivity contribution in [3.05, 3.63) is 30.3 Å². The Hall–Kier alpha value is -2.96. The molecule has 114 valence electrons. The molecule has 0 saturated heterocycles. The lowest BCUT2D eigenvalue weighted by Gasteiger charge is -2.08. The Morgan fingerprint density at radius 1 is 0.762 bits per heavy atom. The predicted octanol–water partition coefficient (Wildman–Crippen LogP) is 1.42. The molecule has 0 radical (unpaired) electrons. The average Bonchev–Trinajstić information content (AvgIpc) is 2.46. The summed E-state index contributed by atoms with van der Waals surface area (Å²) in [6.45, 7) is 0. The molecule has 2 aromatic rings. The van der Waals surface area contributed by atoms with Crippen molar-refractivity contribution in [1.29, 1.82) is 0 Å². The molecule has 7 heteroatoms. The summed E-state index contributed by atoms with van der Waals surface area (Å²) < 4.78 is 9.93. The standard InChI is InChI=1S/C8H12N2O2.C6H8N2O/c1-11-7-3-6(10)8(12-2)4-5(7)9;7-4-1-2-5(8)6(9)3-4/h3-4H,9-10H2,1-2H3;1-3,9H,7-8H2. The van der Waals surface area contributed by atoms with E-state index >= 15 is 0 Å². The fourth-order valence-corrected chi connectivity index (χ4v) is 1.51. The Morgan fingerprint density at radius 2 is 1.24 bits per heavy atom. The van der Waals surface area contributed by atoms with Gasteiger partial charge in [-0.1, -0.05) is 0 Å². The molecule has 2 rings (SSSR count). The van der Waals surface area contributed by atoms with Crippen molar-refractivity contribution in [2.75, 3.05) is 37.2 Å². The van der Waals surface area contributed by atoms with Gasteiger partial charge < -0.3 is 37.5 Å². The Morgan fingerprint density at radius 3 is 1.57 bits per heavy atom.